The number of carbonyl (C=O) groups is 1. The minimum atomic E-state index is -4.43. The van der Waals surface area contributed by atoms with Crippen LogP contribution in [0.2, 0.25) is 10.0 Å². The Morgan fingerprint density at radius 2 is 2.04 bits per heavy atom. The molecule has 23 heavy (non-hydrogen) atoms. The average molecular weight is 367 g/mol. The molecule has 9 heteroatoms. The molecule has 2 aromatic rings. The third-order valence-electron chi connectivity index (χ3n) is 2.80. The largest absolute Gasteiger partial charge is 0.441 e. The molecule has 1 N–H and O–H groups in total. The molecule has 4 nitrogen and oxygen atoms in total. The zero-order valence-electron chi connectivity index (χ0n) is 11.6. The van der Waals surface area contributed by atoms with Gasteiger partial charge in [-0.2, -0.15) is 13.2 Å². The number of nitrogens with one attached hydrogen (secondary N) is 1. The van der Waals surface area contributed by atoms with Crippen LogP contribution in [-0.4, -0.2) is 23.6 Å². The third kappa shape index (κ3) is 5.44. The Labute approximate surface area is 139 Å². The number of hydrogen-bond donors (Lipinski definition) is 1. The van der Waals surface area contributed by atoms with E-state index in [1.165, 1.54) is 6.20 Å². The zero-order chi connectivity index (χ0) is 17.0. The van der Waals surface area contributed by atoms with E-state index < -0.39 is 18.6 Å². The first-order valence-corrected chi connectivity index (χ1v) is 7.24. The molecule has 0 spiro atoms. The number of amides is 1. The molecule has 0 atom stereocenters. The van der Waals surface area contributed by atoms with Crippen LogP contribution in [0.15, 0.2) is 28.8 Å². The number of nitrogens with zero attached hydrogens (tertiary/aromatic N) is 1. The summed E-state index contributed by atoms with van der Waals surface area (Å²) in [7, 11) is 0. The molecule has 0 unspecified atom stereocenters. The predicted octanol–water partition coefficient (Wildman–Crippen LogP) is 4.26. The normalized spacial score (nSPS) is 11.5. The third-order valence-corrected chi connectivity index (χ3v) is 3.35. The minimum absolute atomic E-state index is 0.0783. The molecule has 0 aliphatic heterocycles. The summed E-state index contributed by atoms with van der Waals surface area (Å²) in [6.07, 6.45) is -3.09. The molecule has 1 aromatic heterocycles. The fourth-order valence-electron chi connectivity index (χ4n) is 1.75. The molecule has 0 aliphatic carbocycles. The molecule has 0 saturated carbocycles. The van der Waals surface area contributed by atoms with Crippen molar-refractivity contribution in [3.8, 4) is 11.3 Å². The lowest BCUT2D eigenvalue weighted by molar-refractivity contribution is -0.138. The summed E-state index contributed by atoms with van der Waals surface area (Å²) in [5, 5.41) is 2.63. The summed E-state index contributed by atoms with van der Waals surface area (Å²) >= 11 is 11.8. The monoisotopic (exact) mass is 366 g/mol. The molecule has 0 fully saturated rings. The lowest BCUT2D eigenvalue weighted by Crippen LogP contribution is -2.33. The average Bonchev–Trinajstić information content (AvgIpc) is 2.91. The lowest BCUT2D eigenvalue weighted by atomic mass is 10.2. The molecule has 0 aliphatic rings. The topological polar surface area (TPSA) is 55.1 Å². The van der Waals surface area contributed by atoms with Gasteiger partial charge >= 0.3 is 6.18 Å². The first-order chi connectivity index (χ1) is 10.7. The summed E-state index contributed by atoms with van der Waals surface area (Å²) < 4.78 is 41.4. The van der Waals surface area contributed by atoms with Crippen molar-refractivity contribution in [2.75, 3.05) is 6.54 Å². The van der Waals surface area contributed by atoms with Crippen molar-refractivity contribution in [1.29, 1.82) is 0 Å². The second kappa shape index (κ2) is 7.23. The summed E-state index contributed by atoms with van der Waals surface area (Å²) in [6, 6.07) is 4.84. The highest BCUT2D eigenvalue weighted by Gasteiger charge is 2.27. The number of aromatic nitrogens is 1. The van der Waals surface area contributed by atoms with E-state index in [1.807, 2.05) is 0 Å². The van der Waals surface area contributed by atoms with Gasteiger partial charge in [0.15, 0.2) is 11.7 Å². The Morgan fingerprint density at radius 3 is 2.70 bits per heavy atom. The molecular weight excluding hydrogens is 356 g/mol. The van der Waals surface area contributed by atoms with Gasteiger partial charge in [-0.1, -0.05) is 23.2 Å². The van der Waals surface area contributed by atoms with Gasteiger partial charge in [0.05, 0.1) is 11.2 Å². The number of oxazole rings is 1. The molecule has 2 rings (SSSR count). The van der Waals surface area contributed by atoms with Gasteiger partial charge in [-0.05, 0) is 18.2 Å². The Kier molecular flexibility index (Phi) is 5.54. The van der Waals surface area contributed by atoms with Gasteiger partial charge < -0.3 is 9.73 Å². The van der Waals surface area contributed by atoms with E-state index in [1.54, 1.807) is 23.5 Å². The van der Waals surface area contributed by atoms with E-state index in [9.17, 15) is 18.0 Å². The first kappa shape index (κ1) is 17.6. The molecular formula is C14H11Cl2F3N2O2. The van der Waals surface area contributed by atoms with Gasteiger partial charge in [0.1, 0.15) is 6.54 Å². The summed E-state index contributed by atoms with van der Waals surface area (Å²) in [5.41, 5.74) is 0.580. The van der Waals surface area contributed by atoms with Gasteiger partial charge in [-0.3, -0.25) is 4.79 Å². The molecule has 0 radical (unpaired) electrons. The van der Waals surface area contributed by atoms with Crippen LogP contribution in [0.4, 0.5) is 13.2 Å². The van der Waals surface area contributed by atoms with Crippen LogP contribution in [-0.2, 0) is 11.2 Å². The van der Waals surface area contributed by atoms with E-state index in [0.29, 0.717) is 21.4 Å². The van der Waals surface area contributed by atoms with Crippen molar-refractivity contribution in [2.24, 2.45) is 0 Å². The predicted molar refractivity (Wildman–Crippen MR) is 79.3 cm³/mol. The van der Waals surface area contributed by atoms with E-state index in [0.717, 1.165) is 0 Å². The van der Waals surface area contributed by atoms with Crippen LogP contribution in [0.25, 0.3) is 11.3 Å². The molecule has 0 saturated heterocycles. The second-order valence-corrected chi connectivity index (χ2v) is 5.48. The fraction of sp³-hybridized carbons (Fsp3) is 0.286. The van der Waals surface area contributed by atoms with Crippen LogP contribution >= 0.6 is 23.2 Å². The van der Waals surface area contributed by atoms with Gasteiger partial charge in [0, 0.05) is 23.4 Å². The maximum atomic E-state index is 12.0. The highest BCUT2D eigenvalue weighted by molar-refractivity contribution is 6.36. The van der Waals surface area contributed by atoms with E-state index >= 15 is 0 Å². The van der Waals surface area contributed by atoms with Crippen LogP contribution < -0.4 is 5.32 Å². The number of alkyl halides is 3. The summed E-state index contributed by atoms with van der Waals surface area (Å²) in [6.45, 7) is -1.36. The SMILES string of the molecule is O=C(CCc1ncc(-c2ccc(Cl)cc2Cl)o1)NCC(F)(F)F. The van der Waals surface area contributed by atoms with Crippen molar-refractivity contribution in [1.82, 2.24) is 10.3 Å². The Balaban J connectivity index is 1.94. The van der Waals surface area contributed by atoms with Gasteiger partial charge in [0.25, 0.3) is 0 Å². The Morgan fingerprint density at radius 1 is 1.30 bits per heavy atom. The summed E-state index contributed by atoms with van der Waals surface area (Å²) in [4.78, 5) is 15.3. The molecule has 1 heterocycles. The highest BCUT2D eigenvalue weighted by atomic mass is 35.5. The van der Waals surface area contributed by atoms with Crippen molar-refractivity contribution < 1.29 is 22.4 Å². The molecule has 1 amide bonds. The maximum absolute atomic E-state index is 12.0. The van der Waals surface area contributed by atoms with E-state index in [4.69, 9.17) is 27.6 Å². The standard InChI is InChI=1S/C14H11Cl2F3N2O2/c15-8-1-2-9(10(16)5-8)11-6-20-13(23-11)4-3-12(22)21-7-14(17,18)19/h1-2,5-6H,3-4,7H2,(H,21,22). The first-order valence-electron chi connectivity index (χ1n) is 6.48. The van der Waals surface area contributed by atoms with Gasteiger partial charge in [-0.15, -0.1) is 0 Å². The van der Waals surface area contributed by atoms with Crippen LogP contribution in [0.3, 0.4) is 0 Å². The summed E-state index contributed by atoms with van der Waals surface area (Å²) in [5.74, 6) is -0.114. The smallest absolute Gasteiger partial charge is 0.405 e. The molecule has 124 valence electrons. The number of rotatable bonds is 5. The molecule has 0 bridgehead atoms. The van der Waals surface area contributed by atoms with Crippen molar-refractivity contribution in [3.05, 3.63) is 40.3 Å². The number of hydrogen-bond acceptors (Lipinski definition) is 3. The van der Waals surface area contributed by atoms with Crippen molar-refractivity contribution in [3.63, 3.8) is 0 Å². The lowest BCUT2D eigenvalue weighted by Gasteiger charge is -2.07. The van der Waals surface area contributed by atoms with Crippen molar-refractivity contribution in [2.45, 2.75) is 19.0 Å². The Bertz CT molecular complexity index is 702. The van der Waals surface area contributed by atoms with Crippen LogP contribution in [0, 0.1) is 0 Å². The Hall–Kier alpha value is -1.73. The number of aryl methyl sites for hydroxylation is 1. The highest BCUT2D eigenvalue weighted by Crippen LogP contribution is 2.30. The second-order valence-electron chi connectivity index (χ2n) is 4.63. The van der Waals surface area contributed by atoms with E-state index in [2.05, 4.69) is 4.98 Å². The fourth-order valence-corrected chi connectivity index (χ4v) is 2.25. The van der Waals surface area contributed by atoms with Gasteiger partial charge in [-0.25, -0.2) is 4.98 Å². The zero-order valence-corrected chi connectivity index (χ0v) is 13.1. The minimum Gasteiger partial charge on any atom is -0.441 e. The number of benzene rings is 1. The van der Waals surface area contributed by atoms with Crippen LogP contribution in [0.1, 0.15) is 12.3 Å². The maximum Gasteiger partial charge on any atom is 0.405 e. The molecule has 1 aromatic carbocycles. The van der Waals surface area contributed by atoms with Crippen LogP contribution in [0.5, 0.6) is 0 Å². The van der Waals surface area contributed by atoms with Gasteiger partial charge in [0.2, 0.25) is 5.91 Å². The number of carbonyl (C=O) groups excluding carboxylic acids is 1. The van der Waals surface area contributed by atoms with Crippen molar-refractivity contribution >= 4 is 29.1 Å². The quantitative estimate of drug-likeness (QED) is 0.859. The number of halogens is 5. The van der Waals surface area contributed by atoms with E-state index in [-0.39, 0.29) is 18.7 Å².